The summed E-state index contributed by atoms with van der Waals surface area (Å²) >= 11 is 2.90. The molecule has 0 saturated heterocycles. The lowest BCUT2D eigenvalue weighted by molar-refractivity contribution is 0.102. The summed E-state index contributed by atoms with van der Waals surface area (Å²) in [6.07, 6.45) is 0. The van der Waals surface area contributed by atoms with Gasteiger partial charge in [-0.1, -0.05) is 17.8 Å². The first-order valence-corrected chi connectivity index (χ1v) is 13.2. The number of fused-ring (bicyclic) bond motifs is 1. The number of benzene rings is 1. The SMILES string of the molecule is Cc1cc(C(=O)CSc2nc3cc(S(=O)(=O)N(C)C)ccc3o2)c(C)n1Cc1cccs1. The molecule has 0 aliphatic heterocycles. The first-order chi connectivity index (χ1) is 15.2. The second-order valence-electron chi connectivity index (χ2n) is 7.56. The summed E-state index contributed by atoms with van der Waals surface area (Å²) in [6.45, 7) is 4.72. The topological polar surface area (TPSA) is 85.4 Å². The quantitative estimate of drug-likeness (QED) is 0.266. The van der Waals surface area contributed by atoms with Crippen molar-refractivity contribution in [2.24, 2.45) is 0 Å². The molecule has 168 valence electrons. The molecule has 0 bridgehead atoms. The highest BCUT2D eigenvalue weighted by atomic mass is 32.2. The molecule has 0 N–H and O–H groups in total. The van der Waals surface area contributed by atoms with Gasteiger partial charge in [-0.2, -0.15) is 0 Å². The van der Waals surface area contributed by atoms with Gasteiger partial charge in [-0.25, -0.2) is 17.7 Å². The second kappa shape index (κ2) is 8.86. The summed E-state index contributed by atoms with van der Waals surface area (Å²) in [6, 6.07) is 10.6. The summed E-state index contributed by atoms with van der Waals surface area (Å²) in [5.74, 6) is 0.178. The van der Waals surface area contributed by atoms with Gasteiger partial charge in [0.1, 0.15) is 5.52 Å². The molecule has 3 aromatic heterocycles. The summed E-state index contributed by atoms with van der Waals surface area (Å²) < 4.78 is 33.7. The Morgan fingerprint density at radius 1 is 1.22 bits per heavy atom. The molecule has 1 aromatic carbocycles. The van der Waals surface area contributed by atoms with Crippen LogP contribution in [0.5, 0.6) is 0 Å². The van der Waals surface area contributed by atoms with Gasteiger partial charge in [0.25, 0.3) is 5.22 Å². The van der Waals surface area contributed by atoms with Gasteiger partial charge >= 0.3 is 0 Å². The zero-order chi connectivity index (χ0) is 23.0. The molecule has 32 heavy (non-hydrogen) atoms. The minimum atomic E-state index is -3.56. The van der Waals surface area contributed by atoms with Gasteiger partial charge in [0, 0.05) is 35.9 Å². The van der Waals surface area contributed by atoms with E-state index in [1.807, 2.05) is 31.4 Å². The third kappa shape index (κ3) is 4.40. The molecule has 0 fully saturated rings. The zero-order valence-corrected chi connectivity index (χ0v) is 20.6. The average molecular weight is 490 g/mol. The molecule has 4 aromatic rings. The molecule has 4 rings (SSSR count). The van der Waals surface area contributed by atoms with Gasteiger partial charge in [0.05, 0.1) is 17.2 Å². The van der Waals surface area contributed by atoms with Crippen LogP contribution in [0, 0.1) is 13.8 Å². The lowest BCUT2D eigenvalue weighted by Gasteiger charge is -2.10. The minimum absolute atomic E-state index is 0.00124. The molecule has 0 aliphatic carbocycles. The number of nitrogens with zero attached hydrogens (tertiary/aromatic N) is 3. The van der Waals surface area contributed by atoms with Crippen molar-refractivity contribution in [3.05, 3.63) is 63.6 Å². The number of hydrogen-bond donors (Lipinski definition) is 0. The van der Waals surface area contributed by atoms with Crippen molar-refractivity contribution in [2.45, 2.75) is 30.5 Å². The van der Waals surface area contributed by atoms with Crippen LogP contribution >= 0.6 is 23.1 Å². The molecular weight excluding hydrogens is 466 g/mol. The predicted molar refractivity (Wildman–Crippen MR) is 127 cm³/mol. The van der Waals surface area contributed by atoms with E-state index in [9.17, 15) is 13.2 Å². The highest BCUT2D eigenvalue weighted by Gasteiger charge is 2.20. The van der Waals surface area contributed by atoms with Crippen molar-refractivity contribution in [1.29, 1.82) is 0 Å². The van der Waals surface area contributed by atoms with Gasteiger partial charge in [0.15, 0.2) is 11.4 Å². The number of sulfonamides is 1. The number of hydrogen-bond acceptors (Lipinski definition) is 7. The number of Topliss-reactive ketones (excluding diaryl/α,β-unsaturated/α-hetero) is 1. The first-order valence-electron chi connectivity index (χ1n) is 9.85. The van der Waals surface area contributed by atoms with Crippen molar-refractivity contribution in [2.75, 3.05) is 19.8 Å². The Morgan fingerprint density at radius 2 is 2.00 bits per heavy atom. The number of aromatic nitrogens is 2. The van der Waals surface area contributed by atoms with Gasteiger partial charge in [-0.05, 0) is 49.6 Å². The zero-order valence-electron chi connectivity index (χ0n) is 18.2. The molecular formula is C22H23N3O4S3. The standard InChI is InChI=1S/C22H23N3O4S3/c1-14-10-18(15(2)25(14)12-16-6-5-9-30-16)20(26)13-31-22-23-19-11-17(7-8-21(19)29-22)32(27,28)24(3)4/h5-11H,12-13H2,1-4H3. The van der Waals surface area contributed by atoms with E-state index in [2.05, 4.69) is 15.6 Å². The van der Waals surface area contributed by atoms with Crippen molar-refractivity contribution in [3.63, 3.8) is 0 Å². The lowest BCUT2D eigenvalue weighted by atomic mass is 10.2. The Kier molecular flexibility index (Phi) is 6.30. The van der Waals surface area contributed by atoms with Crippen LogP contribution in [0.25, 0.3) is 11.1 Å². The van der Waals surface area contributed by atoms with Crippen LogP contribution in [0.15, 0.2) is 56.3 Å². The smallest absolute Gasteiger partial charge is 0.257 e. The average Bonchev–Trinajstić information content (AvgIpc) is 3.47. The fourth-order valence-corrected chi connectivity index (χ4v) is 5.75. The highest BCUT2D eigenvalue weighted by molar-refractivity contribution is 7.99. The van der Waals surface area contributed by atoms with E-state index in [1.54, 1.807) is 17.4 Å². The number of thiophene rings is 1. The molecule has 0 unspecified atom stereocenters. The minimum Gasteiger partial charge on any atom is -0.431 e. The van der Waals surface area contributed by atoms with Crippen molar-refractivity contribution >= 4 is 50.0 Å². The number of thioether (sulfide) groups is 1. The molecule has 0 saturated carbocycles. The Balaban J connectivity index is 1.49. The number of ketones is 1. The Bertz CT molecular complexity index is 1380. The summed E-state index contributed by atoms with van der Waals surface area (Å²) in [4.78, 5) is 18.6. The van der Waals surface area contributed by atoms with Crippen LogP contribution in [0.2, 0.25) is 0 Å². The molecule has 7 nitrogen and oxygen atoms in total. The number of rotatable bonds is 8. The summed E-state index contributed by atoms with van der Waals surface area (Å²) in [5, 5.41) is 2.38. The van der Waals surface area contributed by atoms with Crippen LogP contribution in [0.3, 0.4) is 0 Å². The maximum Gasteiger partial charge on any atom is 0.257 e. The van der Waals surface area contributed by atoms with Gasteiger partial charge in [0.2, 0.25) is 10.0 Å². The number of carbonyl (C=O) groups is 1. The van der Waals surface area contributed by atoms with E-state index < -0.39 is 10.0 Å². The van der Waals surface area contributed by atoms with E-state index >= 15 is 0 Å². The Labute approximate surface area is 195 Å². The number of oxazole rings is 1. The van der Waals surface area contributed by atoms with Crippen molar-refractivity contribution in [3.8, 4) is 0 Å². The third-order valence-electron chi connectivity index (χ3n) is 5.21. The van der Waals surface area contributed by atoms with E-state index in [1.165, 1.54) is 42.9 Å². The first kappa shape index (κ1) is 22.8. The largest absolute Gasteiger partial charge is 0.431 e. The maximum absolute atomic E-state index is 12.9. The van der Waals surface area contributed by atoms with Crippen LogP contribution in [-0.4, -0.2) is 47.9 Å². The molecule has 0 aliphatic rings. The molecule has 0 radical (unpaired) electrons. The van der Waals surface area contributed by atoms with Crippen LogP contribution < -0.4 is 0 Å². The van der Waals surface area contributed by atoms with Crippen LogP contribution in [0.1, 0.15) is 26.6 Å². The fraction of sp³-hybridized carbons (Fsp3) is 0.273. The van der Waals surface area contributed by atoms with E-state index in [-0.39, 0.29) is 16.4 Å². The predicted octanol–water partition coefficient (Wildman–Crippen LogP) is 4.58. The lowest BCUT2D eigenvalue weighted by Crippen LogP contribution is -2.22. The normalized spacial score (nSPS) is 12.2. The number of carbonyl (C=O) groups excluding carboxylic acids is 1. The Morgan fingerprint density at radius 3 is 2.69 bits per heavy atom. The molecule has 0 spiro atoms. The highest BCUT2D eigenvalue weighted by Crippen LogP contribution is 2.28. The summed E-state index contributed by atoms with van der Waals surface area (Å²) in [7, 11) is -0.600. The van der Waals surface area contributed by atoms with Crippen molar-refractivity contribution in [1.82, 2.24) is 13.9 Å². The fourth-order valence-electron chi connectivity index (χ4n) is 3.41. The van der Waals surface area contributed by atoms with Crippen LogP contribution in [0.4, 0.5) is 0 Å². The van der Waals surface area contributed by atoms with Gasteiger partial charge in [-0.3, -0.25) is 4.79 Å². The van der Waals surface area contributed by atoms with Crippen molar-refractivity contribution < 1.29 is 17.6 Å². The molecule has 10 heteroatoms. The number of aryl methyl sites for hydroxylation is 1. The van der Waals surface area contributed by atoms with Crippen LogP contribution in [-0.2, 0) is 16.6 Å². The van der Waals surface area contributed by atoms with Gasteiger partial charge < -0.3 is 8.98 Å². The van der Waals surface area contributed by atoms with E-state index in [0.717, 1.165) is 22.2 Å². The molecule has 0 atom stereocenters. The Hall–Kier alpha value is -2.40. The summed E-state index contributed by atoms with van der Waals surface area (Å²) in [5.41, 5.74) is 3.60. The third-order valence-corrected chi connectivity index (χ3v) is 8.71. The van der Waals surface area contributed by atoms with E-state index in [0.29, 0.717) is 21.9 Å². The van der Waals surface area contributed by atoms with E-state index in [4.69, 9.17) is 4.42 Å². The molecule has 0 amide bonds. The monoisotopic (exact) mass is 489 g/mol. The second-order valence-corrected chi connectivity index (χ2v) is 11.7. The maximum atomic E-state index is 12.9. The van der Waals surface area contributed by atoms with Gasteiger partial charge in [-0.15, -0.1) is 11.3 Å². The molecule has 3 heterocycles.